The Morgan fingerprint density at radius 3 is 2.19 bits per heavy atom. The molecule has 7 nitrogen and oxygen atoms in total. The summed E-state index contributed by atoms with van der Waals surface area (Å²) >= 11 is 2.24. The highest BCUT2D eigenvalue weighted by Gasteiger charge is 2.23. The van der Waals surface area contributed by atoms with E-state index in [9.17, 15) is 4.79 Å². The van der Waals surface area contributed by atoms with Gasteiger partial charge in [0.05, 0.1) is 19.9 Å². The van der Waals surface area contributed by atoms with Crippen LogP contribution in [0.3, 0.4) is 0 Å². The maximum Gasteiger partial charge on any atom is 0.253 e. The Hall–Kier alpha value is -2.88. The van der Waals surface area contributed by atoms with Gasteiger partial charge in [0.2, 0.25) is 0 Å². The third kappa shape index (κ3) is 4.73. The maximum absolute atomic E-state index is 12.7. The summed E-state index contributed by atoms with van der Waals surface area (Å²) in [5, 5.41) is 8.81. The van der Waals surface area contributed by atoms with Crippen LogP contribution in [0, 0.1) is 3.57 Å². The molecule has 0 unspecified atom stereocenters. The first kappa shape index (κ1) is 21.4. The van der Waals surface area contributed by atoms with Gasteiger partial charge in [-0.25, -0.2) is 0 Å². The fourth-order valence-corrected chi connectivity index (χ4v) is 3.92. The van der Waals surface area contributed by atoms with E-state index in [-0.39, 0.29) is 5.91 Å². The van der Waals surface area contributed by atoms with Gasteiger partial charge in [-0.05, 0) is 77.2 Å². The zero-order chi connectivity index (χ0) is 21.8. The molecule has 4 rings (SSSR count). The van der Waals surface area contributed by atoms with Crippen LogP contribution in [0.15, 0.2) is 54.6 Å². The molecule has 0 radical (unpaired) electrons. The molecule has 1 aliphatic rings. The van der Waals surface area contributed by atoms with Crippen molar-refractivity contribution < 1.29 is 14.3 Å². The Balaban J connectivity index is 1.40. The van der Waals surface area contributed by atoms with Crippen LogP contribution in [-0.4, -0.2) is 61.4 Å². The van der Waals surface area contributed by atoms with Gasteiger partial charge >= 0.3 is 0 Å². The molecule has 0 aliphatic carbocycles. The van der Waals surface area contributed by atoms with Crippen molar-refractivity contribution in [1.82, 2.24) is 15.1 Å². The highest BCUT2D eigenvalue weighted by molar-refractivity contribution is 14.1. The topological polar surface area (TPSA) is 67.8 Å². The number of benzene rings is 2. The Bertz CT molecular complexity index is 1050. The maximum atomic E-state index is 12.7. The lowest BCUT2D eigenvalue weighted by atomic mass is 10.1. The molecule has 0 saturated carbocycles. The second kappa shape index (κ2) is 9.51. The molecule has 3 aromatic rings. The quantitative estimate of drug-likeness (QED) is 0.469. The lowest BCUT2D eigenvalue weighted by Gasteiger charge is -2.35. The highest BCUT2D eigenvalue weighted by Crippen LogP contribution is 2.31. The SMILES string of the molecule is COc1ccc(-c2ccc(N3CCN(C(=O)c4ccc(I)cc4)CC3)nn2)cc1OC. The number of piperazine rings is 1. The van der Waals surface area contributed by atoms with Crippen LogP contribution >= 0.6 is 22.6 Å². The van der Waals surface area contributed by atoms with Gasteiger partial charge in [-0.3, -0.25) is 4.79 Å². The van der Waals surface area contributed by atoms with Crippen molar-refractivity contribution in [2.24, 2.45) is 0 Å². The summed E-state index contributed by atoms with van der Waals surface area (Å²) in [5.41, 5.74) is 2.40. The van der Waals surface area contributed by atoms with Gasteiger partial charge in [0.1, 0.15) is 0 Å². The number of carbonyl (C=O) groups is 1. The van der Waals surface area contributed by atoms with E-state index in [1.807, 2.05) is 59.5 Å². The molecule has 1 aromatic heterocycles. The fraction of sp³-hybridized carbons (Fsp3) is 0.261. The van der Waals surface area contributed by atoms with Gasteiger partial charge < -0.3 is 19.3 Å². The van der Waals surface area contributed by atoms with Gasteiger partial charge in [-0.2, -0.15) is 0 Å². The Morgan fingerprint density at radius 1 is 0.871 bits per heavy atom. The number of carbonyl (C=O) groups excluding carboxylic acids is 1. The lowest BCUT2D eigenvalue weighted by Crippen LogP contribution is -2.49. The lowest BCUT2D eigenvalue weighted by molar-refractivity contribution is 0.0746. The number of aromatic nitrogens is 2. The van der Waals surface area contributed by atoms with Crippen LogP contribution in [-0.2, 0) is 0 Å². The molecule has 2 heterocycles. The van der Waals surface area contributed by atoms with Crippen molar-refractivity contribution in [2.45, 2.75) is 0 Å². The molecule has 8 heteroatoms. The molecule has 0 bridgehead atoms. The summed E-state index contributed by atoms with van der Waals surface area (Å²) < 4.78 is 11.8. The molecule has 1 saturated heterocycles. The molecule has 1 aliphatic heterocycles. The number of amides is 1. The van der Waals surface area contributed by atoms with Gasteiger partial charge in [0.25, 0.3) is 5.91 Å². The second-order valence-corrected chi connectivity index (χ2v) is 8.38. The molecule has 0 spiro atoms. The van der Waals surface area contributed by atoms with Crippen LogP contribution in [0.5, 0.6) is 11.5 Å². The molecule has 2 aromatic carbocycles. The van der Waals surface area contributed by atoms with Gasteiger partial charge in [0.15, 0.2) is 17.3 Å². The molecule has 160 valence electrons. The van der Waals surface area contributed by atoms with Gasteiger partial charge in [0, 0.05) is 40.9 Å². The van der Waals surface area contributed by atoms with Crippen molar-refractivity contribution in [3.63, 3.8) is 0 Å². The van der Waals surface area contributed by atoms with Crippen molar-refractivity contribution in [3.05, 3.63) is 63.7 Å². The van der Waals surface area contributed by atoms with Gasteiger partial charge in [-0.1, -0.05) is 0 Å². The molecular weight excluding hydrogens is 507 g/mol. The van der Waals surface area contributed by atoms with Crippen molar-refractivity contribution in [1.29, 1.82) is 0 Å². The first-order valence-corrected chi connectivity index (χ1v) is 11.0. The first-order valence-electron chi connectivity index (χ1n) is 9.95. The van der Waals surface area contributed by atoms with Crippen LogP contribution in [0.25, 0.3) is 11.3 Å². The Morgan fingerprint density at radius 2 is 1.58 bits per heavy atom. The summed E-state index contributed by atoms with van der Waals surface area (Å²) in [4.78, 5) is 16.8. The monoisotopic (exact) mass is 530 g/mol. The average Bonchev–Trinajstić information content (AvgIpc) is 2.84. The number of methoxy groups -OCH3 is 2. The third-order valence-electron chi connectivity index (χ3n) is 5.31. The molecule has 1 fully saturated rings. The second-order valence-electron chi connectivity index (χ2n) is 7.13. The van der Waals surface area contributed by atoms with Crippen molar-refractivity contribution >= 4 is 34.3 Å². The summed E-state index contributed by atoms with van der Waals surface area (Å²) in [6.45, 7) is 2.76. The van der Waals surface area contributed by atoms with Crippen LogP contribution in [0.4, 0.5) is 5.82 Å². The van der Waals surface area contributed by atoms with E-state index in [4.69, 9.17) is 9.47 Å². The molecule has 31 heavy (non-hydrogen) atoms. The zero-order valence-electron chi connectivity index (χ0n) is 17.4. The first-order chi connectivity index (χ1) is 15.1. The molecule has 0 atom stereocenters. The van der Waals surface area contributed by atoms with E-state index in [1.54, 1.807) is 14.2 Å². The number of hydrogen-bond acceptors (Lipinski definition) is 6. The predicted octanol–water partition coefficient (Wildman–Crippen LogP) is 3.73. The van der Waals surface area contributed by atoms with Crippen molar-refractivity contribution in [3.8, 4) is 22.8 Å². The minimum atomic E-state index is 0.0749. The summed E-state index contributed by atoms with van der Waals surface area (Å²) in [7, 11) is 3.22. The van der Waals surface area contributed by atoms with E-state index in [0.29, 0.717) is 24.6 Å². The van der Waals surface area contributed by atoms with Crippen LogP contribution in [0.2, 0.25) is 0 Å². The smallest absolute Gasteiger partial charge is 0.253 e. The number of rotatable bonds is 5. The van der Waals surface area contributed by atoms with Crippen LogP contribution in [0.1, 0.15) is 10.4 Å². The minimum absolute atomic E-state index is 0.0749. The summed E-state index contributed by atoms with van der Waals surface area (Å²) in [6.07, 6.45) is 0. The minimum Gasteiger partial charge on any atom is -0.493 e. The number of anilines is 1. The van der Waals surface area contributed by atoms with Gasteiger partial charge in [-0.15, -0.1) is 10.2 Å². The normalized spacial score (nSPS) is 13.8. The van der Waals surface area contributed by atoms with E-state index < -0.39 is 0 Å². The number of halogens is 1. The van der Waals surface area contributed by atoms with Crippen molar-refractivity contribution in [2.75, 3.05) is 45.3 Å². The Labute approximate surface area is 195 Å². The molecular formula is C23H23IN4O3. The van der Waals surface area contributed by atoms with E-state index in [2.05, 4.69) is 37.7 Å². The number of ether oxygens (including phenoxy) is 2. The van der Waals surface area contributed by atoms with E-state index in [1.165, 1.54) is 0 Å². The van der Waals surface area contributed by atoms with E-state index in [0.717, 1.165) is 39.3 Å². The van der Waals surface area contributed by atoms with E-state index >= 15 is 0 Å². The fourth-order valence-electron chi connectivity index (χ4n) is 3.56. The highest BCUT2D eigenvalue weighted by atomic mass is 127. The number of hydrogen-bond donors (Lipinski definition) is 0. The predicted molar refractivity (Wildman–Crippen MR) is 128 cm³/mol. The Kier molecular flexibility index (Phi) is 6.55. The summed E-state index contributed by atoms with van der Waals surface area (Å²) in [6, 6.07) is 17.3. The number of nitrogens with zero attached hydrogens (tertiary/aromatic N) is 4. The average molecular weight is 530 g/mol. The zero-order valence-corrected chi connectivity index (χ0v) is 19.6. The largest absolute Gasteiger partial charge is 0.493 e. The standard InChI is InChI=1S/C23H23IN4O3/c1-30-20-9-5-17(15-21(20)31-2)19-8-10-22(26-25-19)27-11-13-28(14-12-27)23(29)16-3-6-18(24)7-4-16/h3-10,15H,11-14H2,1-2H3. The molecule has 1 amide bonds. The molecule has 0 N–H and O–H groups in total. The summed E-state index contributed by atoms with van der Waals surface area (Å²) in [5.74, 6) is 2.21. The third-order valence-corrected chi connectivity index (χ3v) is 6.03. The van der Waals surface area contributed by atoms with Crippen LogP contribution < -0.4 is 14.4 Å².